The minimum absolute atomic E-state index is 0.0545. The largest absolute Gasteiger partial charge is 0.379 e. The van der Waals surface area contributed by atoms with Crippen LogP contribution in [0.15, 0.2) is 41.3 Å². The third-order valence-corrected chi connectivity index (χ3v) is 7.60. The lowest BCUT2D eigenvalue weighted by Gasteiger charge is -2.33. The number of likely N-dealkylation sites (N-methyl/N-ethyl adjacent to an activating group) is 1. The van der Waals surface area contributed by atoms with Crippen molar-refractivity contribution in [2.24, 2.45) is 0 Å². The summed E-state index contributed by atoms with van der Waals surface area (Å²) in [4.78, 5) is 2.41. The first-order chi connectivity index (χ1) is 16.3. The lowest BCUT2D eigenvalue weighted by atomic mass is 9.85. The van der Waals surface area contributed by atoms with E-state index in [1.807, 2.05) is 32.2 Å². The first-order valence-corrected chi connectivity index (χ1v) is 13.5. The van der Waals surface area contributed by atoms with Crippen LogP contribution in [0, 0.1) is 0 Å². The van der Waals surface area contributed by atoms with E-state index >= 15 is 0 Å². The molecule has 2 aromatic rings. The van der Waals surface area contributed by atoms with E-state index in [0.29, 0.717) is 43.1 Å². The van der Waals surface area contributed by atoms with E-state index in [4.69, 9.17) is 37.4 Å². The van der Waals surface area contributed by atoms with Crippen LogP contribution in [0.1, 0.15) is 29.5 Å². The Morgan fingerprint density at radius 1 is 1.00 bits per heavy atom. The second-order valence-corrected chi connectivity index (χ2v) is 10.7. The molecule has 7 nitrogen and oxygen atoms in total. The zero-order valence-electron chi connectivity index (χ0n) is 19.6. The van der Waals surface area contributed by atoms with Gasteiger partial charge in [-0.3, -0.25) is 0 Å². The van der Waals surface area contributed by atoms with Crippen molar-refractivity contribution >= 4 is 33.2 Å². The van der Waals surface area contributed by atoms with Crippen LogP contribution in [0.2, 0.25) is 10.0 Å². The smallest absolute Gasteiger partial charge is 0.240 e. The summed E-state index contributed by atoms with van der Waals surface area (Å²) in [6.45, 7) is 6.49. The standard InChI is InChI=1S/C24H32Cl2N2O5S/c1-3-31-10-11-33-13-12-32-9-8-27-34(29,30)20-6-4-18(5-7-20)22-16-28(2)17-23-21(22)14-19(25)15-24(23)26/h4-7,14-15,22,27H,3,8-13,16-17H2,1-2H3/t22-/m0/s1. The van der Waals surface area contributed by atoms with E-state index in [1.54, 1.807) is 18.2 Å². The Bertz CT molecular complexity index is 1030. The predicted molar refractivity (Wildman–Crippen MR) is 134 cm³/mol. The Morgan fingerprint density at radius 3 is 2.32 bits per heavy atom. The molecule has 188 valence electrons. The van der Waals surface area contributed by atoms with Crippen LogP contribution in [0.25, 0.3) is 0 Å². The molecule has 0 fully saturated rings. The van der Waals surface area contributed by atoms with E-state index < -0.39 is 10.0 Å². The van der Waals surface area contributed by atoms with Crippen molar-refractivity contribution in [1.82, 2.24) is 9.62 Å². The first-order valence-electron chi connectivity index (χ1n) is 11.3. The van der Waals surface area contributed by atoms with Gasteiger partial charge in [0, 0.05) is 42.2 Å². The minimum atomic E-state index is -3.63. The van der Waals surface area contributed by atoms with Crippen molar-refractivity contribution in [3.63, 3.8) is 0 Å². The first kappa shape index (κ1) is 27.4. The van der Waals surface area contributed by atoms with Crippen molar-refractivity contribution in [2.75, 3.05) is 59.8 Å². The summed E-state index contributed by atoms with van der Waals surface area (Å²) in [6, 6.07) is 10.7. The lowest BCUT2D eigenvalue weighted by molar-refractivity contribution is 0.0181. The van der Waals surface area contributed by atoms with Crippen LogP contribution in [-0.2, 0) is 30.8 Å². The highest BCUT2D eigenvalue weighted by Gasteiger charge is 2.27. The Morgan fingerprint density at radius 2 is 1.65 bits per heavy atom. The fourth-order valence-electron chi connectivity index (χ4n) is 3.93. The van der Waals surface area contributed by atoms with E-state index in [1.165, 1.54) is 0 Å². The zero-order valence-corrected chi connectivity index (χ0v) is 21.9. The minimum Gasteiger partial charge on any atom is -0.379 e. The number of ether oxygens (including phenoxy) is 3. The van der Waals surface area contributed by atoms with Gasteiger partial charge in [-0.1, -0.05) is 35.3 Å². The van der Waals surface area contributed by atoms with Gasteiger partial charge in [0.25, 0.3) is 0 Å². The van der Waals surface area contributed by atoms with Gasteiger partial charge in [0.2, 0.25) is 10.0 Å². The van der Waals surface area contributed by atoms with Crippen LogP contribution in [0.3, 0.4) is 0 Å². The maximum absolute atomic E-state index is 12.6. The van der Waals surface area contributed by atoms with Crippen molar-refractivity contribution < 1.29 is 22.6 Å². The third kappa shape index (κ3) is 7.63. The highest BCUT2D eigenvalue weighted by atomic mass is 35.5. The van der Waals surface area contributed by atoms with Gasteiger partial charge in [-0.15, -0.1) is 0 Å². The van der Waals surface area contributed by atoms with Gasteiger partial charge in [-0.05, 0) is 54.9 Å². The molecule has 0 aromatic heterocycles. The van der Waals surface area contributed by atoms with Gasteiger partial charge in [0.1, 0.15) is 0 Å². The summed E-state index contributed by atoms with van der Waals surface area (Å²) in [5, 5.41) is 1.25. The molecule has 0 radical (unpaired) electrons. The molecule has 10 heteroatoms. The molecule has 1 aliphatic rings. The number of hydrogen-bond acceptors (Lipinski definition) is 6. The fourth-order valence-corrected chi connectivity index (χ4v) is 5.51. The highest BCUT2D eigenvalue weighted by molar-refractivity contribution is 7.89. The molecule has 0 amide bonds. The number of fused-ring (bicyclic) bond motifs is 1. The summed E-state index contributed by atoms with van der Waals surface area (Å²) < 4.78 is 43.8. The van der Waals surface area contributed by atoms with Crippen molar-refractivity contribution in [3.05, 3.63) is 63.1 Å². The number of rotatable bonds is 13. The van der Waals surface area contributed by atoms with E-state index in [-0.39, 0.29) is 24.0 Å². The number of nitrogens with one attached hydrogen (secondary N) is 1. The molecule has 1 aliphatic heterocycles. The molecule has 34 heavy (non-hydrogen) atoms. The predicted octanol–water partition coefficient (Wildman–Crippen LogP) is 3.92. The highest BCUT2D eigenvalue weighted by Crippen LogP contribution is 2.38. The Kier molecular flexibility index (Phi) is 10.6. The molecule has 0 spiro atoms. The molecular formula is C24H32Cl2N2O5S. The maximum Gasteiger partial charge on any atom is 0.240 e. The molecule has 0 bridgehead atoms. The molecular weight excluding hydrogens is 499 g/mol. The Hall–Kier alpha value is -1.23. The second kappa shape index (κ2) is 13.2. The molecule has 1 heterocycles. The van der Waals surface area contributed by atoms with Gasteiger partial charge in [0.15, 0.2) is 0 Å². The molecule has 0 unspecified atom stereocenters. The van der Waals surface area contributed by atoms with Gasteiger partial charge in [-0.2, -0.15) is 0 Å². The van der Waals surface area contributed by atoms with E-state index in [2.05, 4.69) is 9.62 Å². The summed E-state index contributed by atoms with van der Waals surface area (Å²) in [5.74, 6) is 0.0545. The van der Waals surface area contributed by atoms with E-state index in [9.17, 15) is 8.42 Å². The number of benzene rings is 2. The number of sulfonamides is 1. The van der Waals surface area contributed by atoms with Gasteiger partial charge in [-0.25, -0.2) is 13.1 Å². The normalized spacial score (nSPS) is 16.5. The van der Waals surface area contributed by atoms with Crippen LogP contribution in [-0.4, -0.2) is 73.1 Å². The van der Waals surface area contributed by atoms with Crippen molar-refractivity contribution in [2.45, 2.75) is 24.3 Å². The average molecular weight is 532 g/mol. The lowest BCUT2D eigenvalue weighted by Crippen LogP contribution is -2.31. The third-order valence-electron chi connectivity index (χ3n) is 5.57. The molecule has 3 rings (SSSR count). The zero-order chi connectivity index (χ0) is 24.6. The molecule has 0 saturated heterocycles. The van der Waals surface area contributed by atoms with Gasteiger partial charge < -0.3 is 19.1 Å². The molecule has 0 aliphatic carbocycles. The average Bonchev–Trinajstić information content (AvgIpc) is 2.80. The summed E-state index contributed by atoms with van der Waals surface area (Å²) in [5.41, 5.74) is 3.16. The molecule has 1 atom stereocenters. The Labute approximate surface area is 212 Å². The van der Waals surface area contributed by atoms with Crippen LogP contribution in [0.4, 0.5) is 0 Å². The van der Waals surface area contributed by atoms with Crippen LogP contribution >= 0.6 is 23.2 Å². The summed E-state index contributed by atoms with van der Waals surface area (Å²) >= 11 is 12.7. The Balaban J connectivity index is 1.53. The van der Waals surface area contributed by atoms with Crippen molar-refractivity contribution in [1.29, 1.82) is 0 Å². The quantitative estimate of drug-likeness (QED) is 0.395. The number of hydrogen-bond donors (Lipinski definition) is 1. The van der Waals surface area contributed by atoms with E-state index in [0.717, 1.165) is 29.8 Å². The fraction of sp³-hybridized carbons (Fsp3) is 0.500. The number of halogens is 2. The monoisotopic (exact) mass is 530 g/mol. The molecule has 0 saturated carbocycles. The summed E-state index contributed by atoms with van der Waals surface area (Å²) in [6.07, 6.45) is 0. The summed E-state index contributed by atoms with van der Waals surface area (Å²) in [7, 11) is -1.59. The molecule has 2 aromatic carbocycles. The maximum atomic E-state index is 12.6. The van der Waals surface area contributed by atoms with Gasteiger partial charge in [0.05, 0.1) is 37.9 Å². The SMILES string of the molecule is CCOCCOCCOCCNS(=O)(=O)c1ccc([C@@H]2CN(C)Cc3c(Cl)cc(Cl)cc32)cc1. The van der Waals surface area contributed by atoms with Crippen LogP contribution < -0.4 is 4.72 Å². The van der Waals surface area contributed by atoms with Gasteiger partial charge >= 0.3 is 0 Å². The van der Waals surface area contributed by atoms with Crippen molar-refractivity contribution in [3.8, 4) is 0 Å². The number of nitrogens with zero attached hydrogens (tertiary/aromatic N) is 1. The topological polar surface area (TPSA) is 77.1 Å². The van der Waals surface area contributed by atoms with Crippen LogP contribution in [0.5, 0.6) is 0 Å². The second-order valence-electron chi connectivity index (χ2n) is 8.09. The molecule has 1 N–H and O–H groups in total.